The normalized spacial score (nSPS) is 14.0. The molecular formula is C27H32N2O5. The zero-order valence-corrected chi connectivity index (χ0v) is 20.3. The fourth-order valence-corrected chi connectivity index (χ4v) is 4.64. The summed E-state index contributed by atoms with van der Waals surface area (Å²) in [7, 11) is 6.41. The van der Waals surface area contributed by atoms with E-state index in [4.69, 9.17) is 18.7 Å². The van der Waals surface area contributed by atoms with Crippen molar-refractivity contribution in [3.8, 4) is 28.6 Å². The molecule has 0 saturated heterocycles. The summed E-state index contributed by atoms with van der Waals surface area (Å²) in [5, 5.41) is 4.03. The van der Waals surface area contributed by atoms with Crippen LogP contribution in [-0.2, 0) is 6.54 Å². The third kappa shape index (κ3) is 5.03. The van der Waals surface area contributed by atoms with E-state index in [2.05, 4.69) is 29.4 Å². The Hall–Kier alpha value is -3.48. The first-order valence-corrected chi connectivity index (χ1v) is 11.7. The van der Waals surface area contributed by atoms with Gasteiger partial charge in [-0.1, -0.05) is 48.7 Å². The van der Waals surface area contributed by atoms with E-state index >= 15 is 0 Å². The molecule has 7 nitrogen and oxygen atoms in total. The standard InChI is InChI=1S/C27H32N2O5/c1-29(17-18-14-24(31-2)26(33-4)25(15-18)32-3)27(30)22-16-23(34-28-22)21-12-10-20(11-13-21)19-8-6-5-7-9-19/h10-16,19H,5-9,17H2,1-4H3. The SMILES string of the molecule is COc1cc(CN(C)C(=O)c2cc(-c3ccc(C4CCCCC4)cc3)on2)cc(OC)c1OC. The Morgan fingerprint density at radius 2 is 1.62 bits per heavy atom. The summed E-state index contributed by atoms with van der Waals surface area (Å²) in [6, 6.07) is 13.8. The molecule has 0 bridgehead atoms. The van der Waals surface area contributed by atoms with Crippen molar-refractivity contribution in [1.82, 2.24) is 10.1 Å². The lowest BCUT2D eigenvalue weighted by molar-refractivity contribution is 0.0774. The summed E-state index contributed by atoms with van der Waals surface area (Å²) in [5.74, 6) is 2.59. The van der Waals surface area contributed by atoms with E-state index in [9.17, 15) is 4.79 Å². The predicted octanol–water partition coefficient (Wildman–Crippen LogP) is 5.69. The second-order valence-corrected chi connectivity index (χ2v) is 8.73. The molecule has 0 unspecified atom stereocenters. The summed E-state index contributed by atoms with van der Waals surface area (Å²) in [6.07, 6.45) is 6.49. The molecule has 1 aliphatic rings. The Kier molecular flexibility index (Phi) is 7.40. The van der Waals surface area contributed by atoms with Crippen molar-refractivity contribution in [3.05, 3.63) is 59.3 Å². The highest BCUT2D eigenvalue weighted by Crippen LogP contribution is 2.38. The number of nitrogens with zero attached hydrogens (tertiary/aromatic N) is 2. The van der Waals surface area contributed by atoms with Gasteiger partial charge in [-0.2, -0.15) is 0 Å². The van der Waals surface area contributed by atoms with Crippen molar-refractivity contribution in [2.45, 2.75) is 44.6 Å². The number of carbonyl (C=O) groups is 1. The van der Waals surface area contributed by atoms with Gasteiger partial charge < -0.3 is 23.6 Å². The van der Waals surface area contributed by atoms with Crippen molar-refractivity contribution in [2.75, 3.05) is 28.4 Å². The van der Waals surface area contributed by atoms with Crippen LogP contribution in [0.25, 0.3) is 11.3 Å². The van der Waals surface area contributed by atoms with Crippen LogP contribution in [0.15, 0.2) is 47.0 Å². The summed E-state index contributed by atoms with van der Waals surface area (Å²) < 4.78 is 21.7. The number of methoxy groups -OCH3 is 3. The van der Waals surface area contributed by atoms with Crippen LogP contribution in [0.5, 0.6) is 17.2 Å². The minimum Gasteiger partial charge on any atom is -0.493 e. The second-order valence-electron chi connectivity index (χ2n) is 8.73. The van der Waals surface area contributed by atoms with Crippen LogP contribution >= 0.6 is 0 Å². The molecule has 34 heavy (non-hydrogen) atoms. The largest absolute Gasteiger partial charge is 0.493 e. The maximum Gasteiger partial charge on any atom is 0.276 e. The van der Waals surface area contributed by atoms with Gasteiger partial charge in [0, 0.05) is 25.2 Å². The highest BCUT2D eigenvalue weighted by Gasteiger charge is 2.21. The zero-order valence-electron chi connectivity index (χ0n) is 20.3. The van der Waals surface area contributed by atoms with Crippen LogP contribution in [-0.4, -0.2) is 44.3 Å². The molecule has 0 N–H and O–H groups in total. The molecule has 1 fully saturated rings. The van der Waals surface area contributed by atoms with Gasteiger partial charge in [-0.25, -0.2) is 0 Å². The number of hydrogen-bond acceptors (Lipinski definition) is 6. The Morgan fingerprint density at radius 3 is 2.21 bits per heavy atom. The van der Waals surface area contributed by atoms with E-state index < -0.39 is 0 Å². The maximum absolute atomic E-state index is 13.0. The number of carbonyl (C=O) groups excluding carboxylic acids is 1. The number of rotatable bonds is 8. The van der Waals surface area contributed by atoms with Gasteiger partial charge in [-0.15, -0.1) is 0 Å². The smallest absolute Gasteiger partial charge is 0.276 e. The summed E-state index contributed by atoms with van der Waals surface area (Å²) >= 11 is 0. The monoisotopic (exact) mass is 464 g/mol. The van der Waals surface area contributed by atoms with E-state index in [1.165, 1.54) is 37.7 Å². The summed E-state index contributed by atoms with van der Waals surface area (Å²) in [5.41, 5.74) is 3.40. The molecule has 180 valence electrons. The van der Waals surface area contributed by atoms with Gasteiger partial charge in [0.2, 0.25) is 5.75 Å². The first-order valence-electron chi connectivity index (χ1n) is 11.7. The molecular weight excluding hydrogens is 432 g/mol. The van der Waals surface area contributed by atoms with Gasteiger partial charge in [0.1, 0.15) is 0 Å². The quantitative estimate of drug-likeness (QED) is 0.427. The Labute approximate surface area is 200 Å². The molecule has 1 aliphatic carbocycles. The van der Waals surface area contributed by atoms with Crippen molar-refractivity contribution in [1.29, 1.82) is 0 Å². The molecule has 0 radical (unpaired) electrons. The van der Waals surface area contributed by atoms with Gasteiger partial charge in [-0.3, -0.25) is 4.79 Å². The fraction of sp³-hybridized carbons (Fsp3) is 0.407. The third-order valence-electron chi connectivity index (χ3n) is 6.49. The van der Waals surface area contributed by atoms with Gasteiger partial charge in [0.25, 0.3) is 5.91 Å². The number of hydrogen-bond donors (Lipinski definition) is 0. The summed E-state index contributed by atoms with van der Waals surface area (Å²) in [6.45, 7) is 0.341. The number of amides is 1. The average molecular weight is 465 g/mol. The highest BCUT2D eigenvalue weighted by atomic mass is 16.5. The molecule has 7 heteroatoms. The lowest BCUT2D eigenvalue weighted by atomic mass is 9.84. The zero-order chi connectivity index (χ0) is 24.1. The summed E-state index contributed by atoms with van der Waals surface area (Å²) in [4.78, 5) is 14.6. The number of benzene rings is 2. The minimum absolute atomic E-state index is 0.234. The third-order valence-corrected chi connectivity index (χ3v) is 6.49. The molecule has 2 aromatic carbocycles. The second kappa shape index (κ2) is 10.6. The Morgan fingerprint density at radius 1 is 0.971 bits per heavy atom. The molecule has 3 aromatic rings. The van der Waals surface area contributed by atoms with E-state index in [1.54, 1.807) is 39.3 Å². The molecule has 0 spiro atoms. The highest BCUT2D eigenvalue weighted by molar-refractivity contribution is 5.93. The first-order chi connectivity index (χ1) is 16.5. The number of ether oxygens (including phenoxy) is 3. The molecule has 4 rings (SSSR count). The first kappa shape index (κ1) is 23.7. The van der Waals surface area contributed by atoms with E-state index in [0.29, 0.717) is 35.5 Å². The van der Waals surface area contributed by atoms with Crippen molar-refractivity contribution in [3.63, 3.8) is 0 Å². The lowest BCUT2D eigenvalue weighted by Gasteiger charge is -2.21. The topological polar surface area (TPSA) is 74.0 Å². The lowest BCUT2D eigenvalue weighted by Crippen LogP contribution is -2.26. The van der Waals surface area contributed by atoms with Crippen molar-refractivity contribution < 1.29 is 23.5 Å². The van der Waals surface area contributed by atoms with E-state index in [1.807, 2.05) is 12.1 Å². The van der Waals surface area contributed by atoms with E-state index in [0.717, 1.165) is 11.1 Å². The average Bonchev–Trinajstić information content (AvgIpc) is 3.38. The van der Waals surface area contributed by atoms with Gasteiger partial charge in [0.05, 0.1) is 21.3 Å². The van der Waals surface area contributed by atoms with Crippen LogP contribution < -0.4 is 14.2 Å². The molecule has 1 amide bonds. The predicted molar refractivity (Wildman–Crippen MR) is 130 cm³/mol. The van der Waals surface area contributed by atoms with Crippen LogP contribution in [0.1, 0.15) is 59.6 Å². The van der Waals surface area contributed by atoms with Crippen LogP contribution in [0.2, 0.25) is 0 Å². The van der Waals surface area contributed by atoms with Gasteiger partial charge in [-0.05, 0) is 42.0 Å². The molecule has 0 atom stereocenters. The molecule has 1 heterocycles. The van der Waals surface area contributed by atoms with Crippen LogP contribution in [0, 0.1) is 0 Å². The number of aromatic nitrogens is 1. The Balaban J connectivity index is 1.46. The fourth-order valence-electron chi connectivity index (χ4n) is 4.64. The van der Waals surface area contributed by atoms with Gasteiger partial charge >= 0.3 is 0 Å². The molecule has 0 aliphatic heterocycles. The van der Waals surface area contributed by atoms with Crippen LogP contribution in [0.4, 0.5) is 0 Å². The van der Waals surface area contributed by atoms with E-state index in [-0.39, 0.29) is 11.6 Å². The molecule has 1 saturated carbocycles. The van der Waals surface area contributed by atoms with Crippen molar-refractivity contribution >= 4 is 5.91 Å². The molecule has 1 aromatic heterocycles. The maximum atomic E-state index is 13.0. The minimum atomic E-state index is -0.234. The van der Waals surface area contributed by atoms with Crippen molar-refractivity contribution in [2.24, 2.45) is 0 Å². The van der Waals surface area contributed by atoms with Crippen LogP contribution in [0.3, 0.4) is 0 Å². The van der Waals surface area contributed by atoms with Gasteiger partial charge in [0.15, 0.2) is 23.0 Å². The Bertz CT molecular complexity index is 1090.